The summed E-state index contributed by atoms with van der Waals surface area (Å²) in [6.45, 7) is 3.35. The lowest BCUT2D eigenvalue weighted by molar-refractivity contribution is -0.142. The molecular formula is C14H19NO4. The van der Waals surface area contributed by atoms with Crippen molar-refractivity contribution in [2.75, 3.05) is 6.61 Å². The second kappa shape index (κ2) is 8.99. The van der Waals surface area contributed by atoms with Gasteiger partial charge < -0.3 is 9.84 Å². The predicted molar refractivity (Wildman–Crippen MR) is 68.8 cm³/mol. The Morgan fingerprint density at radius 1 is 1.21 bits per heavy atom. The molecule has 0 radical (unpaired) electrons. The molecule has 1 N–H and O–H groups in total. The second-order valence-electron chi connectivity index (χ2n) is 4.65. The third-order valence-electron chi connectivity index (χ3n) is 2.26. The molecule has 0 amide bonds. The minimum Gasteiger partial charge on any atom is -0.481 e. The van der Waals surface area contributed by atoms with E-state index in [2.05, 4.69) is 11.8 Å². The maximum Gasteiger partial charge on any atom is 0.306 e. The summed E-state index contributed by atoms with van der Waals surface area (Å²) in [5.74, 6) is 4.16. The number of unbranched alkanes of at least 4 members (excludes halogenated alkanes) is 2. The zero-order valence-corrected chi connectivity index (χ0v) is 11.4. The normalized spacial score (nSPS) is 9.95. The molecule has 5 heteroatoms. The van der Waals surface area contributed by atoms with Gasteiger partial charge in [0.25, 0.3) is 0 Å². The number of nitrogens with zero attached hydrogens (tertiary/aromatic N) is 1. The Hall–Kier alpha value is -2.01. The van der Waals surface area contributed by atoms with Gasteiger partial charge in [0.05, 0.1) is 6.07 Å². The van der Waals surface area contributed by atoms with Crippen molar-refractivity contribution < 1.29 is 19.4 Å². The van der Waals surface area contributed by atoms with Gasteiger partial charge in [-0.1, -0.05) is 18.3 Å². The Labute approximate surface area is 113 Å². The maximum atomic E-state index is 11.3. The minimum absolute atomic E-state index is 0.0148. The molecule has 5 nitrogen and oxygen atoms in total. The molecule has 0 aliphatic heterocycles. The standard InChI is InChI=1S/C14H19NO4/c1-14(2,11-15)9-6-10-19-13(18)8-5-3-4-7-12(16)17/h3-5,7-8,10H2,1-2H3,(H,16,17). The summed E-state index contributed by atoms with van der Waals surface area (Å²) in [6.07, 6.45) is 2.27. The summed E-state index contributed by atoms with van der Waals surface area (Å²) < 4.78 is 4.87. The fraction of sp³-hybridized carbons (Fsp3) is 0.643. The Morgan fingerprint density at radius 2 is 1.84 bits per heavy atom. The summed E-state index contributed by atoms with van der Waals surface area (Å²) in [6, 6.07) is 2.02. The second-order valence-corrected chi connectivity index (χ2v) is 4.65. The van der Waals surface area contributed by atoms with Crippen LogP contribution in [0.5, 0.6) is 0 Å². The lowest BCUT2D eigenvalue weighted by atomic mass is 9.97. The van der Waals surface area contributed by atoms with E-state index in [9.17, 15) is 9.59 Å². The van der Waals surface area contributed by atoms with Gasteiger partial charge in [-0.3, -0.25) is 9.59 Å². The molecule has 0 bridgehead atoms. The molecule has 0 spiro atoms. The van der Waals surface area contributed by atoms with Crippen LogP contribution >= 0.6 is 0 Å². The average Bonchev–Trinajstić information content (AvgIpc) is 2.34. The molecule has 0 aromatic rings. The predicted octanol–water partition coefficient (Wildman–Crippen LogP) is 2.12. The van der Waals surface area contributed by atoms with Crippen molar-refractivity contribution >= 4 is 11.9 Å². The number of carboxylic acid groups (broad SMARTS) is 1. The fourth-order valence-corrected chi connectivity index (χ4v) is 1.20. The van der Waals surface area contributed by atoms with E-state index in [-0.39, 0.29) is 25.4 Å². The van der Waals surface area contributed by atoms with Gasteiger partial charge in [-0.15, -0.1) is 0 Å². The van der Waals surface area contributed by atoms with Crippen LogP contribution in [0.25, 0.3) is 0 Å². The summed E-state index contributed by atoms with van der Waals surface area (Å²) in [5.41, 5.74) is -0.733. The van der Waals surface area contributed by atoms with Crippen molar-refractivity contribution in [2.45, 2.75) is 46.0 Å². The molecule has 104 valence electrons. The smallest absolute Gasteiger partial charge is 0.306 e. The SMILES string of the molecule is CC(C)(C#N)C#CCOC(=O)CCCCCC(=O)O. The first-order chi connectivity index (χ1) is 8.87. The molecule has 0 saturated carbocycles. The molecule has 0 aromatic carbocycles. The third-order valence-corrected chi connectivity index (χ3v) is 2.26. The first-order valence-electron chi connectivity index (χ1n) is 6.16. The molecule has 0 saturated heterocycles. The number of nitriles is 1. The Bertz CT molecular complexity index is 409. The highest BCUT2D eigenvalue weighted by atomic mass is 16.5. The van der Waals surface area contributed by atoms with Crippen LogP contribution in [0.2, 0.25) is 0 Å². The van der Waals surface area contributed by atoms with Crippen molar-refractivity contribution in [3.05, 3.63) is 0 Å². The molecule has 0 rings (SSSR count). The number of carbonyl (C=O) groups excluding carboxylic acids is 1. The Kier molecular flexibility index (Phi) is 8.04. The van der Waals surface area contributed by atoms with Crippen LogP contribution in [0.1, 0.15) is 46.0 Å². The molecule has 0 aromatic heterocycles. The van der Waals surface area contributed by atoms with Gasteiger partial charge in [-0.25, -0.2) is 0 Å². The van der Waals surface area contributed by atoms with Gasteiger partial charge >= 0.3 is 11.9 Å². The van der Waals surface area contributed by atoms with Gasteiger partial charge in [-0.05, 0) is 26.7 Å². The fourth-order valence-electron chi connectivity index (χ4n) is 1.20. The highest BCUT2D eigenvalue weighted by molar-refractivity contribution is 5.69. The first-order valence-corrected chi connectivity index (χ1v) is 6.16. The molecular weight excluding hydrogens is 246 g/mol. The van der Waals surface area contributed by atoms with Crippen LogP contribution in [-0.2, 0) is 14.3 Å². The molecule has 0 unspecified atom stereocenters. The molecule has 19 heavy (non-hydrogen) atoms. The van der Waals surface area contributed by atoms with E-state index in [1.807, 2.05) is 6.07 Å². The van der Waals surface area contributed by atoms with E-state index in [1.54, 1.807) is 13.8 Å². The number of carboxylic acids is 1. The van der Waals surface area contributed by atoms with E-state index in [1.165, 1.54) is 0 Å². The minimum atomic E-state index is -0.821. The first kappa shape index (κ1) is 17.0. The van der Waals surface area contributed by atoms with E-state index >= 15 is 0 Å². The van der Waals surface area contributed by atoms with Crippen molar-refractivity contribution in [3.63, 3.8) is 0 Å². The zero-order chi connectivity index (χ0) is 14.7. The van der Waals surface area contributed by atoms with Crippen LogP contribution in [0.15, 0.2) is 0 Å². The van der Waals surface area contributed by atoms with Crippen LogP contribution in [0.4, 0.5) is 0 Å². The van der Waals surface area contributed by atoms with Crippen molar-refractivity contribution in [3.8, 4) is 17.9 Å². The lowest BCUT2D eigenvalue weighted by Gasteiger charge is -2.04. The van der Waals surface area contributed by atoms with Crippen LogP contribution < -0.4 is 0 Å². The number of aliphatic carboxylic acids is 1. The van der Waals surface area contributed by atoms with Crippen LogP contribution in [-0.4, -0.2) is 23.7 Å². The van der Waals surface area contributed by atoms with E-state index in [4.69, 9.17) is 15.1 Å². The van der Waals surface area contributed by atoms with Gasteiger partial charge in [0.15, 0.2) is 6.61 Å². The van der Waals surface area contributed by atoms with Gasteiger partial charge in [0.2, 0.25) is 0 Å². The topological polar surface area (TPSA) is 87.4 Å². The van der Waals surface area contributed by atoms with Crippen LogP contribution in [0.3, 0.4) is 0 Å². The monoisotopic (exact) mass is 265 g/mol. The zero-order valence-electron chi connectivity index (χ0n) is 11.4. The summed E-state index contributed by atoms with van der Waals surface area (Å²) in [7, 11) is 0. The summed E-state index contributed by atoms with van der Waals surface area (Å²) >= 11 is 0. The third kappa shape index (κ3) is 10.8. The summed E-state index contributed by atoms with van der Waals surface area (Å²) in [4.78, 5) is 21.5. The van der Waals surface area contributed by atoms with Gasteiger partial charge in [-0.2, -0.15) is 5.26 Å². The van der Waals surface area contributed by atoms with Crippen molar-refractivity contribution in [1.29, 1.82) is 5.26 Å². The lowest BCUT2D eigenvalue weighted by Crippen LogP contribution is -2.07. The molecule has 0 aliphatic rings. The highest BCUT2D eigenvalue weighted by Crippen LogP contribution is 2.09. The number of hydrogen-bond donors (Lipinski definition) is 1. The van der Waals surface area contributed by atoms with E-state index in [0.29, 0.717) is 19.3 Å². The summed E-state index contributed by atoms with van der Waals surface area (Å²) in [5, 5.41) is 17.1. The quantitative estimate of drug-likeness (QED) is 0.433. The van der Waals surface area contributed by atoms with E-state index < -0.39 is 11.4 Å². The van der Waals surface area contributed by atoms with Crippen molar-refractivity contribution in [1.82, 2.24) is 0 Å². The number of ether oxygens (including phenoxy) is 1. The molecule has 0 heterocycles. The largest absolute Gasteiger partial charge is 0.481 e. The van der Waals surface area contributed by atoms with Crippen molar-refractivity contribution in [2.24, 2.45) is 5.41 Å². The Morgan fingerprint density at radius 3 is 2.42 bits per heavy atom. The molecule has 0 fully saturated rings. The van der Waals surface area contributed by atoms with E-state index in [0.717, 1.165) is 0 Å². The maximum absolute atomic E-state index is 11.3. The molecule has 0 aliphatic carbocycles. The number of carbonyl (C=O) groups is 2. The number of hydrogen-bond acceptors (Lipinski definition) is 4. The number of esters is 1. The van der Waals surface area contributed by atoms with Gasteiger partial charge in [0.1, 0.15) is 5.41 Å². The average molecular weight is 265 g/mol. The molecule has 0 atom stereocenters. The number of rotatable bonds is 7. The Balaban J connectivity index is 3.66. The van der Waals surface area contributed by atoms with Gasteiger partial charge in [0, 0.05) is 12.8 Å². The highest BCUT2D eigenvalue weighted by Gasteiger charge is 2.11. The van der Waals surface area contributed by atoms with Crippen LogP contribution in [0, 0.1) is 28.6 Å².